The molecule has 0 bridgehead atoms. The number of benzene rings is 2. The molecule has 0 spiro atoms. The summed E-state index contributed by atoms with van der Waals surface area (Å²) in [4.78, 5) is 19.3. The van der Waals surface area contributed by atoms with Crippen molar-refractivity contribution in [2.24, 2.45) is 0 Å². The summed E-state index contributed by atoms with van der Waals surface area (Å²) in [5.74, 6) is 1.13. The van der Waals surface area contributed by atoms with Gasteiger partial charge in [-0.2, -0.15) is 0 Å². The van der Waals surface area contributed by atoms with Crippen LogP contribution in [0.2, 0.25) is 0 Å². The molecule has 1 aliphatic heterocycles. The minimum atomic E-state index is -0.0828. The maximum absolute atomic E-state index is 12.5. The van der Waals surface area contributed by atoms with Gasteiger partial charge in [-0.15, -0.1) is 0 Å². The number of carbonyl (C=O) groups excluding carboxylic acids is 1. The smallest absolute Gasteiger partial charge is 0.251 e. The van der Waals surface area contributed by atoms with Crippen molar-refractivity contribution < 1.29 is 13.9 Å². The number of hydrogen-bond acceptors (Lipinski definition) is 5. The summed E-state index contributed by atoms with van der Waals surface area (Å²) in [5.41, 5.74) is 3.39. The Morgan fingerprint density at radius 3 is 2.97 bits per heavy atom. The van der Waals surface area contributed by atoms with Gasteiger partial charge in [-0.1, -0.05) is 30.3 Å². The van der Waals surface area contributed by atoms with Crippen LogP contribution in [0.5, 0.6) is 0 Å². The molecule has 1 aliphatic rings. The van der Waals surface area contributed by atoms with E-state index in [1.54, 1.807) is 19.2 Å². The average Bonchev–Trinajstić information content (AvgIpc) is 3.39. The summed E-state index contributed by atoms with van der Waals surface area (Å²) in [5, 5.41) is 3.02. The number of amides is 1. The summed E-state index contributed by atoms with van der Waals surface area (Å²) >= 11 is 0. The van der Waals surface area contributed by atoms with Crippen LogP contribution in [0.1, 0.15) is 34.2 Å². The van der Waals surface area contributed by atoms with Crippen molar-refractivity contribution in [3.63, 3.8) is 0 Å². The first-order valence-corrected chi connectivity index (χ1v) is 10.2. The van der Waals surface area contributed by atoms with Crippen molar-refractivity contribution in [2.45, 2.75) is 18.8 Å². The summed E-state index contributed by atoms with van der Waals surface area (Å²) in [6.45, 7) is 4.17. The zero-order chi connectivity index (χ0) is 20.1. The lowest BCUT2D eigenvalue weighted by atomic mass is 9.99. The van der Waals surface area contributed by atoms with Gasteiger partial charge in [0.15, 0.2) is 11.5 Å². The molecule has 29 heavy (non-hydrogen) atoms. The number of fused-ring (bicyclic) bond motifs is 1. The third-order valence-corrected chi connectivity index (χ3v) is 5.47. The van der Waals surface area contributed by atoms with E-state index >= 15 is 0 Å². The molecule has 1 atom stereocenters. The van der Waals surface area contributed by atoms with Crippen LogP contribution < -0.4 is 5.32 Å². The number of hydrogen-bond donors (Lipinski definition) is 1. The lowest BCUT2D eigenvalue weighted by Gasteiger charge is -2.16. The van der Waals surface area contributed by atoms with Crippen molar-refractivity contribution in [3.05, 3.63) is 65.5 Å². The fourth-order valence-corrected chi connectivity index (χ4v) is 3.87. The van der Waals surface area contributed by atoms with Crippen LogP contribution in [-0.4, -0.2) is 55.7 Å². The monoisotopic (exact) mass is 393 g/mol. The largest absolute Gasteiger partial charge is 0.441 e. The second-order valence-corrected chi connectivity index (χ2v) is 7.49. The molecule has 2 aromatic carbocycles. The van der Waals surface area contributed by atoms with Crippen molar-refractivity contribution in [1.82, 2.24) is 15.2 Å². The molecule has 1 amide bonds. The van der Waals surface area contributed by atoms with E-state index in [1.807, 2.05) is 6.07 Å². The Morgan fingerprint density at radius 1 is 1.28 bits per heavy atom. The van der Waals surface area contributed by atoms with Crippen LogP contribution in [0.4, 0.5) is 0 Å². The minimum absolute atomic E-state index is 0.0828. The zero-order valence-corrected chi connectivity index (χ0v) is 16.8. The standard InChI is InChI=1S/C23H27N3O3/c1-28-14-10-22-25-20-8-7-18(15-21(20)29-22)23(27)24-11-13-26-12-9-19(16-26)17-5-3-2-4-6-17/h2-8,15,19H,9-14,16H2,1H3,(H,24,27)/t19-/m0/s1. The van der Waals surface area contributed by atoms with Crippen molar-refractivity contribution in [3.8, 4) is 0 Å². The molecule has 1 fully saturated rings. The van der Waals surface area contributed by atoms with Gasteiger partial charge in [0, 0.05) is 38.7 Å². The molecule has 0 unspecified atom stereocenters. The normalized spacial score (nSPS) is 17.1. The second kappa shape index (κ2) is 9.20. The molecule has 1 aromatic heterocycles. The van der Waals surface area contributed by atoms with E-state index < -0.39 is 0 Å². The molecule has 0 radical (unpaired) electrons. The molecule has 6 heteroatoms. The van der Waals surface area contributed by atoms with E-state index in [9.17, 15) is 4.79 Å². The fourth-order valence-electron chi connectivity index (χ4n) is 3.87. The molecule has 1 saturated heterocycles. The highest BCUT2D eigenvalue weighted by molar-refractivity contribution is 5.97. The second-order valence-electron chi connectivity index (χ2n) is 7.49. The number of carbonyl (C=O) groups is 1. The molecular weight excluding hydrogens is 366 g/mol. The van der Waals surface area contributed by atoms with Gasteiger partial charge in [-0.3, -0.25) is 4.79 Å². The molecule has 2 heterocycles. The highest BCUT2D eigenvalue weighted by Crippen LogP contribution is 2.26. The number of rotatable bonds is 8. The molecule has 1 N–H and O–H groups in total. The van der Waals surface area contributed by atoms with Gasteiger partial charge in [0.25, 0.3) is 5.91 Å². The Morgan fingerprint density at radius 2 is 2.14 bits per heavy atom. The van der Waals surface area contributed by atoms with E-state index in [4.69, 9.17) is 9.15 Å². The van der Waals surface area contributed by atoms with Gasteiger partial charge in [-0.25, -0.2) is 4.98 Å². The van der Waals surface area contributed by atoms with Gasteiger partial charge >= 0.3 is 0 Å². The van der Waals surface area contributed by atoms with Crippen LogP contribution in [0.25, 0.3) is 11.1 Å². The third-order valence-electron chi connectivity index (χ3n) is 5.47. The topological polar surface area (TPSA) is 67.6 Å². The van der Waals surface area contributed by atoms with E-state index in [1.165, 1.54) is 12.0 Å². The van der Waals surface area contributed by atoms with Crippen LogP contribution in [0.3, 0.4) is 0 Å². The van der Waals surface area contributed by atoms with E-state index in [0.29, 0.717) is 42.5 Å². The molecule has 152 valence electrons. The summed E-state index contributed by atoms with van der Waals surface area (Å²) in [6.07, 6.45) is 1.79. The van der Waals surface area contributed by atoms with Crippen LogP contribution in [-0.2, 0) is 11.2 Å². The number of nitrogens with one attached hydrogen (secondary N) is 1. The van der Waals surface area contributed by atoms with E-state index in [0.717, 1.165) is 25.2 Å². The fraction of sp³-hybridized carbons (Fsp3) is 0.391. The first-order valence-electron chi connectivity index (χ1n) is 10.2. The molecule has 4 rings (SSSR count). The van der Waals surface area contributed by atoms with E-state index in [2.05, 4.69) is 45.5 Å². The van der Waals surface area contributed by atoms with Gasteiger partial charge in [0.2, 0.25) is 0 Å². The first kappa shape index (κ1) is 19.6. The maximum Gasteiger partial charge on any atom is 0.251 e. The van der Waals surface area contributed by atoms with Crippen LogP contribution >= 0.6 is 0 Å². The Bertz CT molecular complexity index is 954. The lowest BCUT2D eigenvalue weighted by molar-refractivity contribution is 0.0949. The number of oxazole rings is 1. The molecule has 0 saturated carbocycles. The van der Waals surface area contributed by atoms with Gasteiger partial charge in [-0.05, 0) is 42.6 Å². The molecule has 6 nitrogen and oxygen atoms in total. The Balaban J connectivity index is 1.27. The Kier molecular flexibility index (Phi) is 6.22. The summed E-state index contributed by atoms with van der Waals surface area (Å²) in [7, 11) is 1.65. The Hall–Kier alpha value is -2.70. The van der Waals surface area contributed by atoms with Crippen molar-refractivity contribution in [1.29, 1.82) is 0 Å². The van der Waals surface area contributed by atoms with E-state index in [-0.39, 0.29) is 5.91 Å². The van der Waals surface area contributed by atoms with Crippen LogP contribution in [0.15, 0.2) is 52.9 Å². The number of methoxy groups -OCH3 is 1. The van der Waals surface area contributed by atoms with Gasteiger partial charge in [0.1, 0.15) is 5.52 Å². The predicted octanol–water partition coefficient (Wildman–Crippen LogP) is 3.24. The average molecular weight is 393 g/mol. The minimum Gasteiger partial charge on any atom is -0.441 e. The summed E-state index contributed by atoms with van der Waals surface area (Å²) in [6, 6.07) is 16.1. The zero-order valence-electron chi connectivity index (χ0n) is 16.8. The van der Waals surface area contributed by atoms with Crippen molar-refractivity contribution in [2.75, 3.05) is 39.9 Å². The van der Waals surface area contributed by atoms with Gasteiger partial charge < -0.3 is 19.4 Å². The molecule has 0 aliphatic carbocycles. The number of likely N-dealkylation sites (tertiary alicyclic amines) is 1. The predicted molar refractivity (Wildman–Crippen MR) is 112 cm³/mol. The van der Waals surface area contributed by atoms with Gasteiger partial charge in [0.05, 0.1) is 6.61 Å². The number of aromatic nitrogens is 1. The quantitative estimate of drug-likeness (QED) is 0.636. The first-order chi connectivity index (χ1) is 14.2. The van der Waals surface area contributed by atoms with Crippen molar-refractivity contribution >= 4 is 17.0 Å². The number of nitrogens with zero attached hydrogens (tertiary/aromatic N) is 2. The summed E-state index contributed by atoms with van der Waals surface area (Å²) < 4.78 is 10.8. The molecular formula is C23H27N3O3. The third kappa shape index (κ3) is 4.83. The maximum atomic E-state index is 12.5. The van der Waals surface area contributed by atoms with Crippen LogP contribution in [0, 0.1) is 0 Å². The SMILES string of the molecule is COCCc1nc2ccc(C(=O)NCCN3CC[C@H](c4ccccc4)C3)cc2o1. The highest BCUT2D eigenvalue weighted by atomic mass is 16.5. The Labute approximate surface area is 170 Å². The lowest BCUT2D eigenvalue weighted by Crippen LogP contribution is -2.33. The highest BCUT2D eigenvalue weighted by Gasteiger charge is 2.23. The number of ether oxygens (including phenoxy) is 1. The molecule has 3 aromatic rings.